The van der Waals surface area contributed by atoms with Crippen molar-refractivity contribution in [1.29, 1.82) is 5.26 Å². The zero-order valence-electron chi connectivity index (χ0n) is 25.4. The fourth-order valence-corrected chi connectivity index (χ4v) is 5.82. The van der Waals surface area contributed by atoms with Gasteiger partial charge in [0, 0.05) is 17.3 Å². The molecule has 8 heteroatoms. The van der Waals surface area contributed by atoms with Gasteiger partial charge in [0.1, 0.15) is 35.5 Å². The molecule has 0 atom stereocenters. The molecule has 0 bridgehead atoms. The molecule has 1 aromatic heterocycles. The largest absolute Gasteiger partial charge is 0.497 e. The van der Waals surface area contributed by atoms with Crippen LogP contribution in [0.15, 0.2) is 117 Å². The summed E-state index contributed by atoms with van der Waals surface area (Å²) in [5.41, 5.74) is 4.32. The van der Waals surface area contributed by atoms with Gasteiger partial charge in [-0.3, -0.25) is 0 Å². The number of furan rings is 1. The summed E-state index contributed by atoms with van der Waals surface area (Å²) in [4.78, 5) is 4.64. The predicted octanol–water partition coefficient (Wildman–Crippen LogP) is 9.76. The molecular weight excluding hydrogens is 644 g/mol. The van der Waals surface area contributed by atoms with Crippen molar-refractivity contribution in [3.05, 3.63) is 124 Å². The second-order valence-electron chi connectivity index (χ2n) is 10.3. The minimum atomic E-state index is 0.186. The third kappa shape index (κ3) is 6.19. The molecule has 1 heterocycles. The molecule has 0 aliphatic rings. The molecule has 0 aliphatic carbocycles. The topological polar surface area (TPSA) is 86.2 Å². The number of benzene rings is 5. The first-order valence-corrected chi connectivity index (χ1v) is 15.2. The van der Waals surface area contributed by atoms with Crippen molar-refractivity contribution in [2.24, 2.45) is 4.99 Å². The fourth-order valence-electron chi connectivity index (χ4n) is 5.25. The summed E-state index contributed by atoms with van der Waals surface area (Å²) in [6.45, 7) is 0.365. The SMILES string of the molecule is COc1ccc(-c2oc(N=Cc3cc(Br)c(OCc4cccc5ccccc45)c(OC)c3)c(C#N)c2-c2ccc(OC)cc2)cc1. The van der Waals surface area contributed by atoms with Crippen molar-refractivity contribution in [1.82, 2.24) is 0 Å². The molecule has 228 valence electrons. The monoisotopic (exact) mass is 672 g/mol. The van der Waals surface area contributed by atoms with Gasteiger partial charge in [-0.15, -0.1) is 0 Å². The Kier molecular flexibility index (Phi) is 9.04. The molecule has 6 rings (SSSR count). The van der Waals surface area contributed by atoms with Gasteiger partial charge >= 0.3 is 0 Å². The van der Waals surface area contributed by atoms with Crippen molar-refractivity contribution >= 4 is 38.8 Å². The summed E-state index contributed by atoms with van der Waals surface area (Å²) in [6, 6.07) is 35.3. The quantitative estimate of drug-likeness (QED) is 0.135. The van der Waals surface area contributed by atoms with Crippen LogP contribution in [0.1, 0.15) is 16.7 Å². The maximum atomic E-state index is 10.3. The van der Waals surface area contributed by atoms with E-state index in [1.165, 1.54) is 0 Å². The lowest BCUT2D eigenvalue weighted by molar-refractivity contribution is 0.283. The highest BCUT2D eigenvalue weighted by Gasteiger charge is 2.23. The highest BCUT2D eigenvalue weighted by molar-refractivity contribution is 9.10. The zero-order chi connectivity index (χ0) is 32.0. The number of fused-ring (bicyclic) bond motifs is 1. The lowest BCUT2D eigenvalue weighted by Crippen LogP contribution is -2.00. The molecule has 0 saturated heterocycles. The summed E-state index contributed by atoms with van der Waals surface area (Å²) in [7, 11) is 4.82. The molecule has 0 N–H and O–H groups in total. The number of hydrogen-bond acceptors (Lipinski definition) is 7. The molecule has 0 saturated carbocycles. The van der Waals surface area contributed by atoms with E-state index in [4.69, 9.17) is 23.4 Å². The van der Waals surface area contributed by atoms with E-state index in [1.807, 2.05) is 78.9 Å². The molecule has 0 amide bonds. The van der Waals surface area contributed by atoms with Gasteiger partial charge in [0.05, 0.1) is 25.8 Å². The van der Waals surface area contributed by atoms with Crippen LogP contribution in [-0.2, 0) is 6.61 Å². The smallest absolute Gasteiger partial charge is 0.238 e. The molecule has 5 aromatic carbocycles. The Balaban J connectivity index is 1.34. The minimum Gasteiger partial charge on any atom is -0.497 e. The Bertz CT molecular complexity index is 2070. The molecular formula is C38H29BrN2O5. The van der Waals surface area contributed by atoms with Crippen molar-refractivity contribution in [2.45, 2.75) is 6.61 Å². The van der Waals surface area contributed by atoms with Crippen LogP contribution >= 0.6 is 15.9 Å². The van der Waals surface area contributed by atoms with Crippen molar-refractivity contribution in [3.63, 3.8) is 0 Å². The Morgan fingerprint density at radius 1 is 0.804 bits per heavy atom. The van der Waals surface area contributed by atoms with Crippen LogP contribution in [0.4, 0.5) is 5.88 Å². The van der Waals surface area contributed by atoms with E-state index in [-0.39, 0.29) is 5.88 Å². The second kappa shape index (κ2) is 13.6. The van der Waals surface area contributed by atoms with E-state index in [2.05, 4.69) is 51.3 Å². The number of halogens is 1. The van der Waals surface area contributed by atoms with Crippen LogP contribution in [0.2, 0.25) is 0 Å². The third-order valence-electron chi connectivity index (χ3n) is 7.57. The molecule has 6 aromatic rings. The number of hydrogen-bond donors (Lipinski definition) is 0. The van der Waals surface area contributed by atoms with Gasteiger partial charge in [0.2, 0.25) is 5.88 Å². The number of methoxy groups -OCH3 is 3. The summed E-state index contributed by atoms with van der Waals surface area (Å²) >= 11 is 3.65. The van der Waals surface area contributed by atoms with E-state index < -0.39 is 0 Å². The van der Waals surface area contributed by atoms with Crippen LogP contribution in [0.3, 0.4) is 0 Å². The van der Waals surface area contributed by atoms with Crippen LogP contribution in [0.5, 0.6) is 23.0 Å². The average molecular weight is 674 g/mol. The van der Waals surface area contributed by atoms with Gasteiger partial charge < -0.3 is 23.4 Å². The van der Waals surface area contributed by atoms with E-state index in [0.29, 0.717) is 51.0 Å². The normalized spacial score (nSPS) is 11.0. The van der Waals surface area contributed by atoms with E-state index in [0.717, 1.165) is 33.0 Å². The van der Waals surface area contributed by atoms with Gasteiger partial charge in [0.15, 0.2) is 11.5 Å². The summed E-state index contributed by atoms with van der Waals surface area (Å²) in [5, 5.41) is 12.6. The van der Waals surface area contributed by atoms with Gasteiger partial charge in [-0.2, -0.15) is 5.26 Å². The molecule has 0 unspecified atom stereocenters. The van der Waals surface area contributed by atoms with Crippen LogP contribution in [0, 0.1) is 11.3 Å². The minimum absolute atomic E-state index is 0.186. The van der Waals surface area contributed by atoms with Gasteiger partial charge in [0.25, 0.3) is 0 Å². The Labute approximate surface area is 275 Å². The van der Waals surface area contributed by atoms with Crippen molar-refractivity contribution < 1.29 is 23.4 Å². The highest BCUT2D eigenvalue weighted by Crippen LogP contribution is 2.43. The number of rotatable bonds is 10. The van der Waals surface area contributed by atoms with Crippen molar-refractivity contribution in [3.8, 4) is 51.5 Å². The summed E-state index contributed by atoms with van der Waals surface area (Å²) in [6.07, 6.45) is 1.64. The first-order valence-electron chi connectivity index (χ1n) is 14.4. The van der Waals surface area contributed by atoms with Crippen molar-refractivity contribution in [2.75, 3.05) is 21.3 Å². The standard InChI is InChI=1S/C38H29BrN2O5/c1-42-29-15-11-26(12-16-29)35-32(21-40)38(46-36(35)27-13-17-30(43-2)18-14-27)41-22-24-19-33(39)37(34(20-24)44-3)45-23-28-9-6-8-25-7-4-5-10-31(25)28/h4-20,22H,23H2,1-3H3. The number of nitriles is 1. The Morgan fingerprint density at radius 3 is 2.15 bits per heavy atom. The maximum Gasteiger partial charge on any atom is 0.238 e. The highest BCUT2D eigenvalue weighted by atomic mass is 79.9. The van der Waals surface area contributed by atoms with E-state index >= 15 is 0 Å². The van der Waals surface area contributed by atoms with E-state index in [9.17, 15) is 5.26 Å². The van der Waals surface area contributed by atoms with Gasteiger partial charge in [-0.1, -0.05) is 54.6 Å². The average Bonchev–Trinajstić information content (AvgIpc) is 3.48. The molecule has 0 fully saturated rings. The number of nitrogens with zero attached hydrogens (tertiary/aromatic N) is 2. The van der Waals surface area contributed by atoms with Crippen LogP contribution in [0.25, 0.3) is 33.2 Å². The molecule has 0 radical (unpaired) electrons. The van der Waals surface area contributed by atoms with Gasteiger partial charge in [-0.25, -0.2) is 4.99 Å². The predicted molar refractivity (Wildman–Crippen MR) is 184 cm³/mol. The van der Waals surface area contributed by atoms with Crippen LogP contribution < -0.4 is 18.9 Å². The number of ether oxygens (including phenoxy) is 4. The molecule has 46 heavy (non-hydrogen) atoms. The number of aliphatic imine (C=N–C) groups is 1. The maximum absolute atomic E-state index is 10.3. The van der Waals surface area contributed by atoms with E-state index in [1.54, 1.807) is 27.5 Å². The lowest BCUT2D eigenvalue weighted by Gasteiger charge is -2.14. The second-order valence-corrected chi connectivity index (χ2v) is 11.1. The summed E-state index contributed by atoms with van der Waals surface area (Å²) < 4.78 is 29.6. The Morgan fingerprint density at radius 2 is 1.48 bits per heavy atom. The first kappa shape index (κ1) is 30.5. The Hall–Kier alpha value is -5.52. The fraction of sp³-hybridized carbons (Fsp3) is 0.105. The zero-order valence-corrected chi connectivity index (χ0v) is 27.0. The molecule has 7 nitrogen and oxygen atoms in total. The third-order valence-corrected chi connectivity index (χ3v) is 8.16. The molecule has 0 spiro atoms. The lowest BCUT2D eigenvalue weighted by atomic mass is 9.98. The van der Waals surface area contributed by atoms with Crippen LogP contribution in [-0.4, -0.2) is 27.5 Å². The van der Waals surface area contributed by atoms with Gasteiger partial charge in [-0.05, 0) is 91.9 Å². The molecule has 0 aliphatic heterocycles. The summed E-state index contributed by atoms with van der Waals surface area (Å²) in [5.74, 6) is 3.24. The first-order chi connectivity index (χ1) is 22.5.